The standard InChI is InChI=1S/C13H19NOS/c1-9(15)8-14-12-7-10(2)16-13-6-4-3-5-11(12)13/h3-6,9-10,12,14-15H,7-8H2,1-2H3. The fourth-order valence-electron chi connectivity index (χ4n) is 2.11. The third-order valence-corrected chi connectivity index (χ3v) is 4.07. The molecule has 3 unspecified atom stereocenters. The number of aliphatic hydroxyl groups excluding tert-OH is 1. The smallest absolute Gasteiger partial charge is 0.0636 e. The molecule has 1 aromatic rings. The fraction of sp³-hybridized carbons (Fsp3) is 0.538. The monoisotopic (exact) mass is 237 g/mol. The fourth-order valence-corrected chi connectivity index (χ4v) is 3.33. The number of aliphatic hydroxyl groups is 1. The van der Waals surface area contributed by atoms with E-state index in [9.17, 15) is 5.11 Å². The molecule has 88 valence electrons. The summed E-state index contributed by atoms with van der Waals surface area (Å²) in [6.45, 7) is 4.74. The molecule has 0 aliphatic carbocycles. The second-order valence-corrected chi connectivity index (χ2v) is 5.99. The van der Waals surface area contributed by atoms with Crippen molar-refractivity contribution in [3.05, 3.63) is 29.8 Å². The van der Waals surface area contributed by atoms with Crippen LogP contribution in [-0.2, 0) is 0 Å². The zero-order valence-corrected chi connectivity index (χ0v) is 10.6. The van der Waals surface area contributed by atoms with Gasteiger partial charge in [0.2, 0.25) is 0 Å². The summed E-state index contributed by atoms with van der Waals surface area (Å²) >= 11 is 1.95. The van der Waals surface area contributed by atoms with E-state index in [0.717, 1.165) is 6.42 Å². The van der Waals surface area contributed by atoms with E-state index < -0.39 is 0 Å². The SMILES string of the molecule is CC(O)CNC1CC(C)Sc2ccccc21. The van der Waals surface area contributed by atoms with E-state index in [0.29, 0.717) is 17.8 Å². The van der Waals surface area contributed by atoms with Gasteiger partial charge in [-0.2, -0.15) is 0 Å². The zero-order valence-electron chi connectivity index (χ0n) is 9.81. The summed E-state index contributed by atoms with van der Waals surface area (Å²) in [5.41, 5.74) is 1.38. The van der Waals surface area contributed by atoms with Crippen molar-refractivity contribution in [1.29, 1.82) is 0 Å². The van der Waals surface area contributed by atoms with Gasteiger partial charge in [-0.15, -0.1) is 11.8 Å². The van der Waals surface area contributed by atoms with Gasteiger partial charge in [-0.3, -0.25) is 0 Å². The van der Waals surface area contributed by atoms with Gasteiger partial charge in [0, 0.05) is 22.7 Å². The summed E-state index contributed by atoms with van der Waals surface area (Å²) in [6, 6.07) is 8.95. The largest absolute Gasteiger partial charge is 0.392 e. The lowest BCUT2D eigenvalue weighted by Crippen LogP contribution is -2.32. The maximum Gasteiger partial charge on any atom is 0.0636 e. The van der Waals surface area contributed by atoms with Crippen molar-refractivity contribution in [2.75, 3.05) is 6.54 Å². The molecule has 0 radical (unpaired) electrons. The predicted molar refractivity (Wildman–Crippen MR) is 68.8 cm³/mol. The Morgan fingerprint density at radius 3 is 3.00 bits per heavy atom. The lowest BCUT2D eigenvalue weighted by atomic mass is 10.0. The molecule has 2 nitrogen and oxygen atoms in total. The van der Waals surface area contributed by atoms with Gasteiger partial charge in [0.1, 0.15) is 0 Å². The number of rotatable bonds is 3. The summed E-state index contributed by atoms with van der Waals surface area (Å²) < 4.78 is 0. The molecule has 0 aromatic heterocycles. The first kappa shape index (κ1) is 12.0. The van der Waals surface area contributed by atoms with Gasteiger partial charge >= 0.3 is 0 Å². The Morgan fingerprint density at radius 2 is 2.25 bits per heavy atom. The van der Waals surface area contributed by atoms with Crippen molar-refractivity contribution in [2.45, 2.75) is 42.6 Å². The third kappa shape index (κ3) is 2.78. The Hall–Kier alpha value is -0.510. The molecular formula is C13H19NOS. The number of fused-ring (bicyclic) bond motifs is 1. The highest BCUT2D eigenvalue weighted by molar-refractivity contribution is 8.00. The highest BCUT2D eigenvalue weighted by Gasteiger charge is 2.24. The molecule has 2 rings (SSSR count). The van der Waals surface area contributed by atoms with E-state index in [1.807, 2.05) is 18.7 Å². The average molecular weight is 237 g/mol. The average Bonchev–Trinajstić information content (AvgIpc) is 2.25. The van der Waals surface area contributed by atoms with Crippen LogP contribution in [0.25, 0.3) is 0 Å². The minimum atomic E-state index is -0.281. The summed E-state index contributed by atoms with van der Waals surface area (Å²) in [5.74, 6) is 0. The Labute approximate surface area is 101 Å². The van der Waals surface area contributed by atoms with Crippen LogP contribution in [0.4, 0.5) is 0 Å². The maximum atomic E-state index is 9.33. The predicted octanol–water partition coefficient (Wildman–Crippen LogP) is 2.58. The van der Waals surface area contributed by atoms with Crippen LogP contribution in [0.3, 0.4) is 0 Å². The van der Waals surface area contributed by atoms with Gasteiger partial charge in [0.05, 0.1) is 6.10 Å². The van der Waals surface area contributed by atoms with E-state index in [1.54, 1.807) is 0 Å². The van der Waals surface area contributed by atoms with Crippen molar-refractivity contribution >= 4 is 11.8 Å². The molecular weight excluding hydrogens is 218 g/mol. The number of thioether (sulfide) groups is 1. The highest BCUT2D eigenvalue weighted by atomic mass is 32.2. The molecule has 0 fully saturated rings. The molecule has 16 heavy (non-hydrogen) atoms. The van der Waals surface area contributed by atoms with E-state index in [-0.39, 0.29) is 6.10 Å². The van der Waals surface area contributed by atoms with Gasteiger partial charge in [0.25, 0.3) is 0 Å². The summed E-state index contributed by atoms with van der Waals surface area (Å²) in [5, 5.41) is 13.4. The van der Waals surface area contributed by atoms with Gasteiger partial charge in [-0.25, -0.2) is 0 Å². The Bertz CT molecular complexity index is 354. The molecule has 1 aliphatic rings. The molecule has 1 heterocycles. The van der Waals surface area contributed by atoms with Gasteiger partial charge in [-0.1, -0.05) is 25.1 Å². The first-order chi connectivity index (χ1) is 7.66. The summed E-state index contributed by atoms with van der Waals surface area (Å²) in [7, 11) is 0. The summed E-state index contributed by atoms with van der Waals surface area (Å²) in [4.78, 5) is 1.38. The lowest BCUT2D eigenvalue weighted by Gasteiger charge is -2.30. The van der Waals surface area contributed by atoms with Crippen molar-refractivity contribution < 1.29 is 5.11 Å². The number of hydrogen-bond donors (Lipinski definition) is 2. The number of nitrogens with one attached hydrogen (secondary N) is 1. The number of benzene rings is 1. The van der Waals surface area contributed by atoms with Gasteiger partial charge in [0.15, 0.2) is 0 Å². The Kier molecular flexibility index (Phi) is 3.90. The lowest BCUT2D eigenvalue weighted by molar-refractivity contribution is 0.185. The molecule has 0 amide bonds. The minimum absolute atomic E-state index is 0.281. The van der Waals surface area contributed by atoms with Crippen molar-refractivity contribution in [3.63, 3.8) is 0 Å². The highest BCUT2D eigenvalue weighted by Crippen LogP contribution is 2.40. The van der Waals surface area contributed by atoms with Crippen LogP contribution in [0.15, 0.2) is 29.2 Å². The summed E-state index contributed by atoms with van der Waals surface area (Å²) in [6.07, 6.45) is 0.853. The topological polar surface area (TPSA) is 32.3 Å². The van der Waals surface area contributed by atoms with E-state index in [4.69, 9.17) is 0 Å². The second kappa shape index (κ2) is 5.21. The van der Waals surface area contributed by atoms with Crippen LogP contribution >= 0.6 is 11.8 Å². The van der Waals surface area contributed by atoms with Crippen LogP contribution in [-0.4, -0.2) is 23.0 Å². The van der Waals surface area contributed by atoms with Crippen molar-refractivity contribution in [3.8, 4) is 0 Å². The van der Waals surface area contributed by atoms with Crippen LogP contribution in [0.2, 0.25) is 0 Å². The molecule has 1 aliphatic heterocycles. The van der Waals surface area contributed by atoms with Crippen LogP contribution < -0.4 is 5.32 Å². The van der Waals surface area contributed by atoms with E-state index >= 15 is 0 Å². The maximum absolute atomic E-state index is 9.33. The first-order valence-corrected chi connectivity index (χ1v) is 6.72. The third-order valence-electron chi connectivity index (χ3n) is 2.85. The molecule has 0 saturated carbocycles. The molecule has 0 bridgehead atoms. The van der Waals surface area contributed by atoms with Crippen molar-refractivity contribution in [2.24, 2.45) is 0 Å². The number of hydrogen-bond acceptors (Lipinski definition) is 3. The molecule has 2 N–H and O–H groups in total. The molecule has 0 saturated heterocycles. The van der Waals surface area contributed by atoms with E-state index in [2.05, 4.69) is 36.5 Å². The first-order valence-electron chi connectivity index (χ1n) is 5.84. The van der Waals surface area contributed by atoms with Gasteiger partial charge < -0.3 is 10.4 Å². The Balaban J connectivity index is 2.13. The minimum Gasteiger partial charge on any atom is -0.392 e. The second-order valence-electron chi connectivity index (χ2n) is 4.51. The Morgan fingerprint density at radius 1 is 1.50 bits per heavy atom. The van der Waals surface area contributed by atoms with Crippen molar-refractivity contribution in [1.82, 2.24) is 5.32 Å². The normalized spacial score (nSPS) is 26.2. The zero-order chi connectivity index (χ0) is 11.5. The van der Waals surface area contributed by atoms with E-state index in [1.165, 1.54) is 10.5 Å². The molecule has 3 atom stereocenters. The molecule has 3 heteroatoms. The van der Waals surface area contributed by atoms with Gasteiger partial charge in [-0.05, 0) is 25.0 Å². The van der Waals surface area contributed by atoms with Crippen LogP contribution in [0.1, 0.15) is 31.9 Å². The quantitative estimate of drug-likeness (QED) is 0.847. The van der Waals surface area contributed by atoms with Crippen LogP contribution in [0.5, 0.6) is 0 Å². The van der Waals surface area contributed by atoms with Crippen LogP contribution in [0, 0.1) is 0 Å². The molecule has 0 spiro atoms. The molecule has 1 aromatic carbocycles.